The molecule has 28 heavy (non-hydrogen) atoms. The first-order valence-electron chi connectivity index (χ1n) is 7.98. The Morgan fingerprint density at radius 2 is 1.79 bits per heavy atom. The number of nitrogens with one attached hydrogen (secondary N) is 3. The predicted molar refractivity (Wildman–Crippen MR) is 107 cm³/mol. The number of halogens is 2. The molecule has 0 aliphatic heterocycles. The molecule has 0 saturated carbocycles. The molecule has 0 fully saturated rings. The molecule has 0 heterocycles. The van der Waals surface area contributed by atoms with Crippen molar-refractivity contribution in [3.63, 3.8) is 0 Å². The van der Waals surface area contributed by atoms with E-state index in [1.807, 2.05) is 0 Å². The maximum atomic E-state index is 12.0. The second-order valence-corrected chi connectivity index (χ2v) is 6.82. The van der Waals surface area contributed by atoms with Gasteiger partial charge < -0.3 is 26.2 Å². The molecule has 0 bridgehead atoms. The summed E-state index contributed by atoms with van der Waals surface area (Å²) in [6.07, 6.45) is -0.290. The standard InChI is InChI=1S/C16H19Cl2N3O6S/c17-8-1-2-10(9(18)5-8)20-11(16(26)27)3-4-13(22)21-12(7-28)15(25)19-6-14(23)24/h1-2,5,11-12,20,28H,3-4,6-7H2,(H,19,25)(H,21,22)(H,23,24)(H,26,27)/t11-,12-/m0/s1. The molecule has 12 heteroatoms. The molecule has 2 amide bonds. The van der Waals surface area contributed by atoms with Crippen LogP contribution in [-0.4, -0.2) is 58.3 Å². The number of thiol groups is 1. The maximum Gasteiger partial charge on any atom is 0.326 e. The number of carboxylic acids is 2. The Morgan fingerprint density at radius 3 is 2.32 bits per heavy atom. The fourth-order valence-electron chi connectivity index (χ4n) is 2.07. The lowest BCUT2D eigenvalue weighted by Crippen LogP contribution is -2.49. The van der Waals surface area contributed by atoms with Gasteiger partial charge in [0, 0.05) is 17.2 Å². The summed E-state index contributed by atoms with van der Waals surface area (Å²) < 4.78 is 0. The van der Waals surface area contributed by atoms with Crippen molar-refractivity contribution >= 4 is 65.3 Å². The molecule has 2 atom stereocenters. The van der Waals surface area contributed by atoms with Crippen molar-refractivity contribution in [2.45, 2.75) is 24.9 Å². The van der Waals surface area contributed by atoms with E-state index in [1.54, 1.807) is 0 Å². The van der Waals surface area contributed by atoms with Gasteiger partial charge in [-0.3, -0.25) is 14.4 Å². The van der Waals surface area contributed by atoms with Crippen molar-refractivity contribution in [3.05, 3.63) is 28.2 Å². The molecule has 0 radical (unpaired) electrons. The van der Waals surface area contributed by atoms with E-state index in [0.717, 1.165) is 0 Å². The number of rotatable bonds is 11. The molecule has 0 aromatic heterocycles. The summed E-state index contributed by atoms with van der Waals surface area (Å²) in [5.74, 6) is -3.76. The zero-order valence-electron chi connectivity index (χ0n) is 14.4. The topological polar surface area (TPSA) is 145 Å². The first kappa shape index (κ1) is 23.9. The van der Waals surface area contributed by atoms with Gasteiger partial charge in [-0.2, -0.15) is 12.6 Å². The third kappa shape index (κ3) is 8.24. The van der Waals surface area contributed by atoms with Gasteiger partial charge in [-0.05, 0) is 24.6 Å². The van der Waals surface area contributed by atoms with E-state index in [1.165, 1.54) is 18.2 Å². The fourth-order valence-corrected chi connectivity index (χ4v) is 2.79. The summed E-state index contributed by atoms with van der Waals surface area (Å²) in [5.41, 5.74) is 0.347. The van der Waals surface area contributed by atoms with Crippen LogP contribution in [0.4, 0.5) is 5.69 Å². The highest BCUT2D eigenvalue weighted by atomic mass is 35.5. The van der Waals surface area contributed by atoms with E-state index >= 15 is 0 Å². The molecule has 0 saturated heterocycles. The van der Waals surface area contributed by atoms with E-state index in [4.69, 9.17) is 28.3 Å². The molecule has 1 aromatic rings. The monoisotopic (exact) mass is 451 g/mol. The van der Waals surface area contributed by atoms with E-state index in [9.17, 15) is 24.3 Å². The van der Waals surface area contributed by atoms with Gasteiger partial charge >= 0.3 is 11.9 Å². The van der Waals surface area contributed by atoms with Crippen molar-refractivity contribution in [3.8, 4) is 0 Å². The molecule has 9 nitrogen and oxygen atoms in total. The number of hydrogen-bond acceptors (Lipinski definition) is 6. The minimum atomic E-state index is -1.23. The number of amides is 2. The Bertz CT molecular complexity index is 749. The molecule has 1 aromatic carbocycles. The SMILES string of the molecule is O=C(O)CNC(=O)[C@H](CS)NC(=O)CC[C@H](Nc1ccc(Cl)cc1Cl)C(=O)O. The van der Waals surface area contributed by atoms with Crippen LogP contribution in [0.2, 0.25) is 10.0 Å². The van der Waals surface area contributed by atoms with Gasteiger partial charge in [0.1, 0.15) is 18.6 Å². The number of anilines is 1. The third-order valence-corrected chi connectivity index (χ3v) is 4.38. The summed E-state index contributed by atoms with van der Waals surface area (Å²) in [5, 5.41) is 25.7. The first-order chi connectivity index (χ1) is 13.1. The first-order valence-corrected chi connectivity index (χ1v) is 9.37. The zero-order valence-corrected chi connectivity index (χ0v) is 16.9. The van der Waals surface area contributed by atoms with Crippen molar-refractivity contribution in [1.82, 2.24) is 10.6 Å². The zero-order chi connectivity index (χ0) is 21.3. The number of hydrogen-bond donors (Lipinski definition) is 6. The highest BCUT2D eigenvalue weighted by Crippen LogP contribution is 2.26. The molecule has 0 aliphatic rings. The Morgan fingerprint density at radius 1 is 1.11 bits per heavy atom. The van der Waals surface area contributed by atoms with Crippen LogP contribution in [0.1, 0.15) is 12.8 Å². The third-order valence-electron chi connectivity index (χ3n) is 3.47. The van der Waals surface area contributed by atoms with Gasteiger partial charge in [0.05, 0.1) is 10.7 Å². The van der Waals surface area contributed by atoms with Crippen LogP contribution in [0.5, 0.6) is 0 Å². The van der Waals surface area contributed by atoms with Crippen LogP contribution in [0.25, 0.3) is 0 Å². The second-order valence-electron chi connectivity index (χ2n) is 5.61. The van der Waals surface area contributed by atoms with Crippen molar-refractivity contribution in [2.24, 2.45) is 0 Å². The van der Waals surface area contributed by atoms with E-state index < -0.39 is 42.4 Å². The Kier molecular flexibility index (Phi) is 9.91. The molecule has 0 spiro atoms. The van der Waals surface area contributed by atoms with Crippen LogP contribution >= 0.6 is 35.8 Å². The average molecular weight is 452 g/mol. The highest BCUT2D eigenvalue weighted by Gasteiger charge is 2.23. The molecule has 0 aliphatic carbocycles. The Labute approximate surface area is 176 Å². The van der Waals surface area contributed by atoms with E-state index in [2.05, 4.69) is 28.6 Å². The molecular formula is C16H19Cl2N3O6S. The molecule has 5 N–H and O–H groups in total. The quantitative estimate of drug-likeness (QED) is 0.277. The lowest BCUT2D eigenvalue weighted by atomic mass is 10.1. The van der Waals surface area contributed by atoms with Crippen LogP contribution in [0.15, 0.2) is 18.2 Å². The van der Waals surface area contributed by atoms with Gasteiger partial charge in [0.25, 0.3) is 0 Å². The number of carboxylic acid groups (broad SMARTS) is 2. The summed E-state index contributed by atoms with van der Waals surface area (Å²) in [6.45, 7) is -0.591. The van der Waals surface area contributed by atoms with Crippen LogP contribution in [0, 0.1) is 0 Å². The van der Waals surface area contributed by atoms with Crippen LogP contribution < -0.4 is 16.0 Å². The van der Waals surface area contributed by atoms with Gasteiger partial charge in [0.15, 0.2) is 0 Å². The lowest BCUT2D eigenvalue weighted by Gasteiger charge is -2.18. The Balaban J connectivity index is 2.62. The summed E-state index contributed by atoms with van der Waals surface area (Å²) in [4.78, 5) is 45.7. The lowest BCUT2D eigenvalue weighted by molar-refractivity contribution is -0.138. The summed E-state index contributed by atoms with van der Waals surface area (Å²) >= 11 is 15.7. The number of aliphatic carboxylic acids is 2. The molecule has 1 rings (SSSR count). The summed E-state index contributed by atoms with van der Waals surface area (Å²) in [6, 6.07) is 2.35. The van der Waals surface area contributed by atoms with E-state index in [-0.39, 0.29) is 23.6 Å². The predicted octanol–water partition coefficient (Wildman–Crippen LogP) is 1.25. The van der Waals surface area contributed by atoms with Gasteiger partial charge in [-0.15, -0.1) is 0 Å². The van der Waals surface area contributed by atoms with Gasteiger partial charge in [0.2, 0.25) is 11.8 Å². The fraction of sp³-hybridized carbons (Fsp3) is 0.375. The Hall–Kier alpha value is -2.17. The smallest absolute Gasteiger partial charge is 0.326 e. The number of carbonyl (C=O) groups is 4. The van der Waals surface area contributed by atoms with Crippen LogP contribution in [-0.2, 0) is 19.2 Å². The van der Waals surface area contributed by atoms with Gasteiger partial charge in [-0.25, -0.2) is 4.79 Å². The second kappa shape index (κ2) is 11.6. The van der Waals surface area contributed by atoms with Crippen LogP contribution in [0.3, 0.4) is 0 Å². The van der Waals surface area contributed by atoms with Crippen molar-refractivity contribution in [1.29, 1.82) is 0 Å². The van der Waals surface area contributed by atoms with Crippen molar-refractivity contribution in [2.75, 3.05) is 17.6 Å². The minimum absolute atomic E-state index is 0.0574. The van der Waals surface area contributed by atoms with E-state index in [0.29, 0.717) is 10.7 Å². The highest BCUT2D eigenvalue weighted by molar-refractivity contribution is 7.80. The largest absolute Gasteiger partial charge is 0.480 e. The average Bonchev–Trinajstić information content (AvgIpc) is 2.62. The molecule has 154 valence electrons. The minimum Gasteiger partial charge on any atom is -0.480 e. The van der Waals surface area contributed by atoms with Crippen molar-refractivity contribution < 1.29 is 29.4 Å². The van der Waals surface area contributed by atoms with Gasteiger partial charge in [-0.1, -0.05) is 23.2 Å². The number of benzene rings is 1. The normalized spacial score (nSPS) is 12.5. The number of carbonyl (C=O) groups excluding carboxylic acids is 2. The molecule has 0 unspecified atom stereocenters. The summed E-state index contributed by atoms with van der Waals surface area (Å²) in [7, 11) is 0. The maximum absolute atomic E-state index is 12.0. The molecular weight excluding hydrogens is 433 g/mol.